The Kier molecular flexibility index (Phi) is 4.87. The van der Waals surface area contributed by atoms with E-state index in [4.69, 9.17) is 16.3 Å². The minimum Gasteiger partial charge on any atom is -0.378 e. The molecule has 0 aliphatic carbocycles. The van der Waals surface area contributed by atoms with Gasteiger partial charge in [-0.05, 0) is 12.1 Å². The van der Waals surface area contributed by atoms with Crippen LogP contribution in [0.5, 0.6) is 0 Å². The molecule has 0 spiro atoms. The largest absolute Gasteiger partial charge is 0.378 e. The van der Waals surface area contributed by atoms with Gasteiger partial charge in [0.2, 0.25) is 0 Å². The van der Waals surface area contributed by atoms with Crippen LogP contribution in [0.25, 0.3) is 0 Å². The lowest BCUT2D eigenvalue weighted by molar-refractivity contribution is 0.181. The van der Waals surface area contributed by atoms with Crippen molar-refractivity contribution in [3.63, 3.8) is 0 Å². The molecule has 0 aliphatic heterocycles. The third kappa shape index (κ3) is 3.43. The second-order valence-electron chi connectivity index (χ2n) is 4.22. The third-order valence-electron chi connectivity index (χ3n) is 2.77. The lowest BCUT2D eigenvalue weighted by Gasteiger charge is -2.09. The molecule has 4 nitrogen and oxygen atoms in total. The number of benzene rings is 1. The molecule has 0 aliphatic rings. The molecule has 2 rings (SSSR count). The molecule has 1 heterocycles. The quantitative estimate of drug-likeness (QED) is 0.921. The van der Waals surface area contributed by atoms with Gasteiger partial charge in [-0.25, -0.2) is 14.4 Å². The molecular formula is C14H15ClFN3O. The molecule has 2 aromatic rings. The van der Waals surface area contributed by atoms with Crippen LogP contribution >= 0.6 is 11.6 Å². The first-order valence-corrected chi connectivity index (χ1v) is 6.48. The number of hydrogen-bond acceptors (Lipinski definition) is 4. The van der Waals surface area contributed by atoms with E-state index in [9.17, 15) is 4.39 Å². The van der Waals surface area contributed by atoms with E-state index in [0.717, 1.165) is 5.69 Å². The number of aromatic nitrogens is 2. The van der Waals surface area contributed by atoms with Gasteiger partial charge in [-0.2, -0.15) is 0 Å². The van der Waals surface area contributed by atoms with Gasteiger partial charge in [0.05, 0.1) is 12.3 Å². The number of halogens is 2. The van der Waals surface area contributed by atoms with Crippen LogP contribution in [0, 0.1) is 5.82 Å². The van der Waals surface area contributed by atoms with E-state index in [-0.39, 0.29) is 12.2 Å². The molecule has 1 N–H and O–H groups in total. The Hall–Kier alpha value is -1.72. The van der Waals surface area contributed by atoms with Crippen molar-refractivity contribution in [2.45, 2.75) is 13.0 Å². The van der Waals surface area contributed by atoms with Crippen LogP contribution in [0.1, 0.15) is 17.1 Å². The maximum Gasteiger partial charge on any atom is 0.135 e. The molecule has 0 radical (unpaired) electrons. The van der Waals surface area contributed by atoms with Crippen LogP contribution in [-0.2, 0) is 17.8 Å². The highest BCUT2D eigenvalue weighted by Gasteiger charge is 2.11. The SMILES string of the molecule is CNc1cc(COC)nc(Cc2c(F)cccc2Cl)n1. The van der Waals surface area contributed by atoms with Gasteiger partial charge >= 0.3 is 0 Å². The van der Waals surface area contributed by atoms with Gasteiger partial charge in [0.1, 0.15) is 17.5 Å². The Balaban J connectivity index is 2.35. The smallest absolute Gasteiger partial charge is 0.135 e. The average molecular weight is 296 g/mol. The fourth-order valence-corrected chi connectivity index (χ4v) is 2.07. The van der Waals surface area contributed by atoms with E-state index in [1.807, 2.05) is 0 Å². The summed E-state index contributed by atoms with van der Waals surface area (Å²) in [6, 6.07) is 6.38. The summed E-state index contributed by atoms with van der Waals surface area (Å²) in [7, 11) is 3.35. The standard InChI is InChI=1S/C14H15ClFN3O/c1-17-13-6-9(8-20-2)18-14(19-13)7-10-11(15)4-3-5-12(10)16/h3-6H,7-8H2,1-2H3,(H,17,18,19). The summed E-state index contributed by atoms with van der Waals surface area (Å²) in [6.45, 7) is 0.370. The summed E-state index contributed by atoms with van der Waals surface area (Å²) >= 11 is 6.02. The lowest BCUT2D eigenvalue weighted by atomic mass is 10.1. The zero-order chi connectivity index (χ0) is 14.5. The maximum absolute atomic E-state index is 13.8. The molecule has 0 saturated carbocycles. The van der Waals surface area contributed by atoms with Crippen LogP contribution in [0.4, 0.5) is 10.2 Å². The predicted molar refractivity (Wildman–Crippen MR) is 76.5 cm³/mol. The van der Waals surface area contributed by atoms with Crippen LogP contribution in [-0.4, -0.2) is 24.1 Å². The van der Waals surface area contributed by atoms with Gasteiger partial charge in [-0.3, -0.25) is 0 Å². The van der Waals surface area contributed by atoms with E-state index >= 15 is 0 Å². The predicted octanol–water partition coefficient (Wildman–Crippen LogP) is 3.05. The van der Waals surface area contributed by atoms with Crippen LogP contribution in [0.3, 0.4) is 0 Å². The highest BCUT2D eigenvalue weighted by molar-refractivity contribution is 6.31. The summed E-state index contributed by atoms with van der Waals surface area (Å²) < 4.78 is 18.8. The van der Waals surface area contributed by atoms with Gasteiger partial charge in [-0.15, -0.1) is 0 Å². The van der Waals surface area contributed by atoms with E-state index in [2.05, 4.69) is 15.3 Å². The fourth-order valence-electron chi connectivity index (χ4n) is 1.84. The number of nitrogens with zero attached hydrogens (tertiary/aromatic N) is 2. The summed E-state index contributed by atoms with van der Waals surface area (Å²) in [4.78, 5) is 8.66. The summed E-state index contributed by atoms with van der Waals surface area (Å²) in [5.41, 5.74) is 1.13. The number of hydrogen-bond donors (Lipinski definition) is 1. The van der Waals surface area contributed by atoms with Crippen molar-refractivity contribution in [2.75, 3.05) is 19.5 Å². The lowest BCUT2D eigenvalue weighted by Crippen LogP contribution is -2.06. The molecule has 0 amide bonds. The molecule has 0 saturated heterocycles. The van der Waals surface area contributed by atoms with Gasteiger partial charge in [0, 0.05) is 37.2 Å². The zero-order valence-electron chi connectivity index (χ0n) is 11.3. The molecule has 1 aromatic carbocycles. The van der Waals surface area contributed by atoms with Crippen LogP contribution in [0.15, 0.2) is 24.3 Å². The second kappa shape index (κ2) is 6.63. The first kappa shape index (κ1) is 14.7. The summed E-state index contributed by atoms with van der Waals surface area (Å²) in [5.74, 6) is 0.801. The second-order valence-corrected chi connectivity index (χ2v) is 4.63. The Labute approximate surface area is 122 Å². The maximum atomic E-state index is 13.8. The Bertz CT molecular complexity index is 587. The highest BCUT2D eigenvalue weighted by Crippen LogP contribution is 2.21. The van der Waals surface area contributed by atoms with Gasteiger partial charge in [-0.1, -0.05) is 17.7 Å². The molecule has 0 atom stereocenters. The minimum atomic E-state index is -0.357. The molecule has 1 aromatic heterocycles. The topological polar surface area (TPSA) is 47.0 Å². The molecule has 20 heavy (non-hydrogen) atoms. The average Bonchev–Trinajstić information content (AvgIpc) is 2.43. The highest BCUT2D eigenvalue weighted by atomic mass is 35.5. The fraction of sp³-hybridized carbons (Fsp3) is 0.286. The van der Waals surface area contributed by atoms with Crippen molar-refractivity contribution in [2.24, 2.45) is 0 Å². The summed E-state index contributed by atoms with van der Waals surface area (Å²) in [6.07, 6.45) is 0.234. The van der Waals surface area contributed by atoms with Crippen LogP contribution in [0.2, 0.25) is 5.02 Å². The molecule has 6 heteroatoms. The van der Waals surface area contributed by atoms with E-state index in [1.54, 1.807) is 32.4 Å². The van der Waals surface area contributed by atoms with Crippen LogP contribution < -0.4 is 5.32 Å². The van der Waals surface area contributed by atoms with Crippen molar-refractivity contribution < 1.29 is 9.13 Å². The number of ether oxygens (including phenoxy) is 1. The normalized spacial score (nSPS) is 10.6. The number of rotatable bonds is 5. The molecule has 0 unspecified atom stereocenters. The summed E-state index contributed by atoms with van der Waals surface area (Å²) in [5, 5.41) is 3.32. The Morgan fingerprint density at radius 3 is 2.80 bits per heavy atom. The first-order chi connectivity index (χ1) is 9.63. The molecular weight excluding hydrogens is 281 g/mol. The zero-order valence-corrected chi connectivity index (χ0v) is 12.0. The Morgan fingerprint density at radius 1 is 1.35 bits per heavy atom. The van der Waals surface area contributed by atoms with Crippen molar-refractivity contribution >= 4 is 17.4 Å². The van der Waals surface area contributed by atoms with Crippen molar-refractivity contribution in [3.05, 3.63) is 52.2 Å². The van der Waals surface area contributed by atoms with Gasteiger partial charge < -0.3 is 10.1 Å². The third-order valence-corrected chi connectivity index (χ3v) is 3.12. The monoisotopic (exact) mass is 295 g/mol. The first-order valence-electron chi connectivity index (χ1n) is 6.10. The van der Waals surface area contributed by atoms with Crippen molar-refractivity contribution in [1.82, 2.24) is 9.97 Å². The Morgan fingerprint density at radius 2 is 2.15 bits per heavy atom. The van der Waals surface area contributed by atoms with Gasteiger partial charge in [0.25, 0.3) is 0 Å². The van der Waals surface area contributed by atoms with Crippen molar-refractivity contribution in [3.8, 4) is 0 Å². The number of nitrogens with one attached hydrogen (secondary N) is 1. The van der Waals surface area contributed by atoms with Crippen molar-refractivity contribution in [1.29, 1.82) is 0 Å². The molecule has 106 valence electrons. The van der Waals surface area contributed by atoms with E-state index in [0.29, 0.717) is 28.8 Å². The van der Waals surface area contributed by atoms with E-state index < -0.39 is 0 Å². The molecule has 0 fully saturated rings. The van der Waals surface area contributed by atoms with Gasteiger partial charge in [0.15, 0.2) is 0 Å². The molecule has 0 bridgehead atoms. The minimum absolute atomic E-state index is 0.234. The number of methoxy groups -OCH3 is 1. The number of anilines is 1. The van der Waals surface area contributed by atoms with E-state index in [1.165, 1.54) is 6.07 Å².